The van der Waals surface area contributed by atoms with E-state index >= 15 is 0 Å². The lowest BCUT2D eigenvalue weighted by molar-refractivity contribution is 0.101. The van der Waals surface area contributed by atoms with E-state index in [1.165, 1.54) is 5.56 Å². The molecule has 1 aromatic carbocycles. The maximum atomic E-state index is 8.62. The van der Waals surface area contributed by atoms with Gasteiger partial charge in [0, 0.05) is 12.6 Å². The van der Waals surface area contributed by atoms with Crippen molar-refractivity contribution >= 4 is 0 Å². The van der Waals surface area contributed by atoms with Gasteiger partial charge in [-0.2, -0.15) is 0 Å². The predicted octanol–water partition coefficient (Wildman–Crippen LogP) is 1.17. The number of nitrogens with one attached hydrogen (secondary N) is 1. The molecule has 0 aliphatic carbocycles. The van der Waals surface area contributed by atoms with Crippen LogP contribution in [0.2, 0.25) is 0 Å². The second-order valence-corrected chi connectivity index (χ2v) is 3.58. The molecule has 0 saturated carbocycles. The van der Waals surface area contributed by atoms with E-state index in [9.17, 15) is 0 Å². The van der Waals surface area contributed by atoms with E-state index in [-0.39, 0.29) is 12.6 Å². The summed E-state index contributed by atoms with van der Waals surface area (Å²) in [6.07, 6.45) is 0. The summed E-state index contributed by atoms with van der Waals surface area (Å²) in [5, 5.41) is 11.8. The van der Waals surface area contributed by atoms with Gasteiger partial charge < -0.3 is 15.2 Å². The van der Waals surface area contributed by atoms with Crippen molar-refractivity contribution in [1.82, 2.24) is 5.32 Å². The summed E-state index contributed by atoms with van der Waals surface area (Å²) in [6.45, 7) is 4.14. The maximum Gasteiger partial charge on any atom is 0.0717 e. The number of aliphatic hydroxyl groups is 1. The fourth-order valence-electron chi connectivity index (χ4n) is 1.30. The van der Waals surface area contributed by atoms with Gasteiger partial charge in [-0.25, -0.2) is 0 Å². The van der Waals surface area contributed by atoms with Crippen molar-refractivity contribution in [3.8, 4) is 0 Å². The molecule has 0 aliphatic heterocycles. The van der Waals surface area contributed by atoms with Crippen LogP contribution in [0.15, 0.2) is 30.3 Å². The molecule has 84 valence electrons. The summed E-state index contributed by atoms with van der Waals surface area (Å²) in [7, 11) is 0. The number of ether oxygens (including phenoxy) is 1. The van der Waals surface area contributed by atoms with Gasteiger partial charge in [-0.1, -0.05) is 30.3 Å². The molecule has 0 heterocycles. The average molecular weight is 209 g/mol. The summed E-state index contributed by atoms with van der Waals surface area (Å²) < 4.78 is 5.53. The molecule has 15 heavy (non-hydrogen) atoms. The first-order chi connectivity index (χ1) is 7.33. The molecular weight excluding hydrogens is 190 g/mol. The molecule has 0 spiro atoms. The summed E-state index contributed by atoms with van der Waals surface area (Å²) in [5.74, 6) is 0. The largest absolute Gasteiger partial charge is 0.395 e. The molecule has 3 nitrogen and oxygen atoms in total. The van der Waals surface area contributed by atoms with Crippen LogP contribution < -0.4 is 5.32 Å². The van der Waals surface area contributed by atoms with E-state index in [1.54, 1.807) is 0 Å². The van der Waals surface area contributed by atoms with Crippen molar-refractivity contribution < 1.29 is 9.84 Å². The topological polar surface area (TPSA) is 41.5 Å². The Morgan fingerprint density at radius 1 is 1.33 bits per heavy atom. The van der Waals surface area contributed by atoms with Crippen molar-refractivity contribution in [1.29, 1.82) is 0 Å². The Morgan fingerprint density at radius 3 is 2.73 bits per heavy atom. The third-order valence-corrected chi connectivity index (χ3v) is 2.08. The third-order valence-electron chi connectivity index (χ3n) is 2.08. The first kappa shape index (κ1) is 12.2. The van der Waals surface area contributed by atoms with E-state index in [0.29, 0.717) is 19.8 Å². The van der Waals surface area contributed by atoms with Crippen LogP contribution in [-0.2, 0) is 11.3 Å². The van der Waals surface area contributed by atoms with E-state index < -0.39 is 0 Å². The Kier molecular flexibility index (Phi) is 6.00. The van der Waals surface area contributed by atoms with Crippen LogP contribution in [0.3, 0.4) is 0 Å². The highest BCUT2D eigenvalue weighted by molar-refractivity contribution is 5.13. The number of hydrogen-bond donors (Lipinski definition) is 2. The highest BCUT2D eigenvalue weighted by Gasteiger charge is 2.00. The van der Waals surface area contributed by atoms with Crippen LogP contribution in [0.4, 0.5) is 0 Å². The quantitative estimate of drug-likeness (QED) is 0.708. The van der Waals surface area contributed by atoms with Crippen molar-refractivity contribution in [2.45, 2.75) is 19.6 Å². The summed E-state index contributed by atoms with van der Waals surface area (Å²) in [6, 6.07) is 10.4. The van der Waals surface area contributed by atoms with Crippen molar-refractivity contribution in [2.24, 2.45) is 0 Å². The fourth-order valence-corrected chi connectivity index (χ4v) is 1.30. The normalized spacial score (nSPS) is 12.7. The Hall–Kier alpha value is -0.900. The zero-order chi connectivity index (χ0) is 10.9. The molecular formula is C12H19NO2. The minimum absolute atomic E-state index is 0.170. The van der Waals surface area contributed by atoms with E-state index in [4.69, 9.17) is 9.84 Å². The van der Waals surface area contributed by atoms with Gasteiger partial charge in [0.05, 0.1) is 19.8 Å². The summed E-state index contributed by atoms with van der Waals surface area (Å²) in [4.78, 5) is 0. The number of benzene rings is 1. The van der Waals surface area contributed by atoms with Crippen LogP contribution in [-0.4, -0.2) is 30.9 Å². The highest BCUT2D eigenvalue weighted by atomic mass is 16.5. The first-order valence-electron chi connectivity index (χ1n) is 5.29. The third kappa shape index (κ3) is 5.52. The predicted molar refractivity (Wildman–Crippen MR) is 60.6 cm³/mol. The van der Waals surface area contributed by atoms with Gasteiger partial charge in [-0.3, -0.25) is 0 Å². The lowest BCUT2D eigenvalue weighted by Crippen LogP contribution is -2.32. The fraction of sp³-hybridized carbons (Fsp3) is 0.500. The molecule has 1 aromatic rings. The molecule has 0 saturated heterocycles. The summed E-state index contributed by atoms with van der Waals surface area (Å²) in [5.41, 5.74) is 1.19. The number of rotatable bonds is 7. The maximum absolute atomic E-state index is 8.62. The lowest BCUT2D eigenvalue weighted by atomic mass is 10.2. The van der Waals surface area contributed by atoms with Gasteiger partial charge in [0.2, 0.25) is 0 Å². The van der Waals surface area contributed by atoms with Gasteiger partial charge in [-0.15, -0.1) is 0 Å². The first-order valence-corrected chi connectivity index (χ1v) is 5.29. The number of hydrogen-bond acceptors (Lipinski definition) is 3. The Bertz CT molecular complexity index is 251. The zero-order valence-electron chi connectivity index (χ0n) is 9.15. The molecule has 3 heteroatoms. The molecule has 0 radical (unpaired) electrons. The highest BCUT2D eigenvalue weighted by Crippen LogP contribution is 2.00. The van der Waals surface area contributed by atoms with Crippen molar-refractivity contribution in [3.05, 3.63) is 35.9 Å². The molecule has 1 unspecified atom stereocenters. The minimum Gasteiger partial charge on any atom is -0.395 e. The van der Waals surface area contributed by atoms with Crippen LogP contribution in [0, 0.1) is 0 Å². The molecule has 1 atom stereocenters. The van der Waals surface area contributed by atoms with Gasteiger partial charge in [0.15, 0.2) is 0 Å². The van der Waals surface area contributed by atoms with Gasteiger partial charge in [0.1, 0.15) is 0 Å². The van der Waals surface area contributed by atoms with Crippen molar-refractivity contribution in [2.75, 3.05) is 19.8 Å². The molecule has 0 aromatic heterocycles. The van der Waals surface area contributed by atoms with Gasteiger partial charge >= 0.3 is 0 Å². The molecule has 0 bridgehead atoms. The van der Waals surface area contributed by atoms with Crippen LogP contribution in [0.25, 0.3) is 0 Å². The monoisotopic (exact) mass is 209 g/mol. The lowest BCUT2D eigenvalue weighted by Gasteiger charge is -2.13. The van der Waals surface area contributed by atoms with Crippen molar-refractivity contribution in [3.63, 3.8) is 0 Å². The standard InChI is InChI=1S/C12H19NO2/c1-11(13-7-8-14)9-15-10-12-5-3-2-4-6-12/h2-6,11,13-14H,7-10H2,1H3. The van der Waals surface area contributed by atoms with Gasteiger partial charge in [0.25, 0.3) is 0 Å². The van der Waals surface area contributed by atoms with Crippen LogP contribution >= 0.6 is 0 Å². The molecule has 2 N–H and O–H groups in total. The average Bonchev–Trinajstić information content (AvgIpc) is 2.28. The SMILES string of the molecule is CC(COCc1ccccc1)NCCO. The van der Waals surface area contributed by atoms with Crippen LogP contribution in [0.5, 0.6) is 0 Å². The zero-order valence-corrected chi connectivity index (χ0v) is 9.15. The van der Waals surface area contributed by atoms with E-state index in [2.05, 4.69) is 5.32 Å². The Labute approximate surface area is 91.1 Å². The molecule has 0 fully saturated rings. The van der Waals surface area contributed by atoms with Crippen LogP contribution in [0.1, 0.15) is 12.5 Å². The molecule has 1 rings (SSSR count). The second kappa shape index (κ2) is 7.40. The van der Waals surface area contributed by atoms with Gasteiger partial charge in [-0.05, 0) is 12.5 Å². The van der Waals surface area contributed by atoms with E-state index in [0.717, 1.165) is 0 Å². The second-order valence-electron chi connectivity index (χ2n) is 3.58. The Morgan fingerprint density at radius 2 is 2.07 bits per heavy atom. The molecule has 0 amide bonds. The minimum atomic E-state index is 0.170. The Balaban J connectivity index is 2.11. The smallest absolute Gasteiger partial charge is 0.0717 e. The number of aliphatic hydroxyl groups excluding tert-OH is 1. The molecule has 0 aliphatic rings. The van der Waals surface area contributed by atoms with E-state index in [1.807, 2.05) is 37.3 Å². The summed E-state index contributed by atoms with van der Waals surface area (Å²) >= 11 is 0.